The van der Waals surface area contributed by atoms with E-state index in [0.29, 0.717) is 11.4 Å². The van der Waals surface area contributed by atoms with Crippen molar-refractivity contribution < 1.29 is 4.79 Å². The lowest BCUT2D eigenvalue weighted by atomic mass is 9.84. The van der Waals surface area contributed by atoms with Gasteiger partial charge in [-0.1, -0.05) is 44.2 Å². The van der Waals surface area contributed by atoms with Gasteiger partial charge in [0, 0.05) is 23.5 Å². The predicted molar refractivity (Wildman–Crippen MR) is 100 cm³/mol. The zero-order valence-corrected chi connectivity index (χ0v) is 15.1. The van der Waals surface area contributed by atoms with Crippen LogP contribution in [0.5, 0.6) is 0 Å². The van der Waals surface area contributed by atoms with E-state index in [4.69, 9.17) is 0 Å². The summed E-state index contributed by atoms with van der Waals surface area (Å²) >= 11 is 3.05. The summed E-state index contributed by atoms with van der Waals surface area (Å²) in [5, 5.41) is 5.07. The van der Waals surface area contributed by atoms with E-state index in [2.05, 4.69) is 36.3 Å². The Balaban J connectivity index is 1.52. The molecule has 0 aliphatic rings. The van der Waals surface area contributed by atoms with Crippen molar-refractivity contribution in [1.29, 1.82) is 0 Å². The summed E-state index contributed by atoms with van der Waals surface area (Å²) in [6, 6.07) is 12.2. The number of imidazole rings is 1. The molecule has 0 aliphatic carbocycles. The van der Waals surface area contributed by atoms with Gasteiger partial charge in [0.25, 0.3) is 5.91 Å². The third kappa shape index (κ3) is 2.61. The lowest BCUT2D eigenvalue weighted by Crippen LogP contribution is -2.36. The number of aromatic nitrogens is 2. The summed E-state index contributed by atoms with van der Waals surface area (Å²) in [5.74, 6) is -0.0361. The maximum atomic E-state index is 12.5. The molecule has 6 heteroatoms. The smallest absolute Gasteiger partial charge is 0.261 e. The lowest BCUT2D eigenvalue weighted by Gasteiger charge is -2.25. The van der Waals surface area contributed by atoms with Crippen molar-refractivity contribution in [3.8, 4) is 0 Å². The molecule has 0 unspecified atom stereocenters. The number of thiophene rings is 1. The van der Waals surface area contributed by atoms with Gasteiger partial charge in [-0.15, -0.1) is 22.7 Å². The van der Waals surface area contributed by atoms with Crippen LogP contribution in [-0.4, -0.2) is 21.8 Å². The molecule has 0 atom stereocenters. The van der Waals surface area contributed by atoms with Crippen LogP contribution in [-0.2, 0) is 5.41 Å². The first kappa shape index (κ1) is 15.4. The van der Waals surface area contributed by atoms with E-state index >= 15 is 0 Å². The van der Waals surface area contributed by atoms with Crippen molar-refractivity contribution >= 4 is 43.9 Å². The van der Waals surface area contributed by atoms with E-state index in [1.165, 1.54) is 16.9 Å². The van der Waals surface area contributed by atoms with E-state index in [9.17, 15) is 4.79 Å². The molecule has 0 saturated heterocycles. The molecule has 24 heavy (non-hydrogen) atoms. The third-order valence-corrected chi connectivity index (χ3v) is 5.98. The van der Waals surface area contributed by atoms with E-state index in [-0.39, 0.29) is 11.3 Å². The first-order valence-electron chi connectivity index (χ1n) is 7.73. The van der Waals surface area contributed by atoms with Crippen LogP contribution in [0.1, 0.15) is 29.1 Å². The summed E-state index contributed by atoms with van der Waals surface area (Å²) < 4.78 is 2.03. The Labute approximate surface area is 147 Å². The molecule has 4 nitrogen and oxygen atoms in total. The van der Waals surface area contributed by atoms with Crippen LogP contribution in [0.3, 0.4) is 0 Å². The zero-order chi connectivity index (χ0) is 16.7. The third-order valence-electron chi connectivity index (χ3n) is 4.21. The normalized spacial score (nSPS) is 12.1. The van der Waals surface area contributed by atoms with Crippen LogP contribution in [0.4, 0.5) is 0 Å². The Morgan fingerprint density at radius 3 is 2.88 bits per heavy atom. The molecule has 1 amide bonds. The van der Waals surface area contributed by atoms with Crippen LogP contribution in [0, 0.1) is 0 Å². The van der Waals surface area contributed by atoms with E-state index in [0.717, 1.165) is 15.3 Å². The van der Waals surface area contributed by atoms with Crippen molar-refractivity contribution in [2.75, 3.05) is 6.54 Å². The van der Waals surface area contributed by atoms with Crippen LogP contribution < -0.4 is 5.32 Å². The van der Waals surface area contributed by atoms with Gasteiger partial charge in [-0.05, 0) is 11.6 Å². The number of thiazole rings is 1. The standard InChI is InChI=1S/C18H17N3OS2/c1-18(2,12-6-4-3-5-7-12)11-19-15(22)14-10-13-16(24-14)20-17-21(13)8-9-23-17/h3-10H,11H2,1-2H3,(H,19,22). The van der Waals surface area contributed by atoms with Gasteiger partial charge in [0.05, 0.1) is 10.4 Å². The van der Waals surface area contributed by atoms with Crippen molar-refractivity contribution in [3.63, 3.8) is 0 Å². The highest BCUT2D eigenvalue weighted by molar-refractivity contribution is 7.21. The molecule has 4 rings (SSSR count). The molecule has 0 bridgehead atoms. The molecular weight excluding hydrogens is 338 g/mol. The second kappa shape index (κ2) is 5.72. The monoisotopic (exact) mass is 355 g/mol. The average molecular weight is 355 g/mol. The van der Waals surface area contributed by atoms with Gasteiger partial charge in [-0.2, -0.15) is 0 Å². The van der Waals surface area contributed by atoms with Gasteiger partial charge < -0.3 is 5.32 Å². The summed E-state index contributed by atoms with van der Waals surface area (Å²) in [7, 11) is 0. The molecule has 0 spiro atoms. The van der Waals surface area contributed by atoms with Crippen LogP contribution in [0.25, 0.3) is 15.3 Å². The van der Waals surface area contributed by atoms with Crippen LogP contribution >= 0.6 is 22.7 Å². The second-order valence-electron chi connectivity index (χ2n) is 6.40. The molecule has 1 aromatic carbocycles. The van der Waals surface area contributed by atoms with Crippen LogP contribution in [0.15, 0.2) is 48.0 Å². The zero-order valence-electron chi connectivity index (χ0n) is 13.4. The SMILES string of the molecule is CC(C)(CNC(=O)c1cc2c(nc3sccn32)s1)c1ccccc1. The average Bonchev–Trinajstić information content (AvgIpc) is 3.25. The number of nitrogens with one attached hydrogen (secondary N) is 1. The van der Waals surface area contributed by atoms with Crippen LogP contribution in [0.2, 0.25) is 0 Å². The second-order valence-corrected chi connectivity index (χ2v) is 8.30. The number of amides is 1. The molecule has 0 saturated carbocycles. The van der Waals surface area contributed by atoms with E-state index in [1.54, 1.807) is 11.3 Å². The van der Waals surface area contributed by atoms with E-state index in [1.807, 2.05) is 40.2 Å². The highest BCUT2D eigenvalue weighted by Crippen LogP contribution is 2.28. The molecule has 0 aliphatic heterocycles. The predicted octanol–water partition coefficient (Wildman–Crippen LogP) is 4.32. The Hall–Kier alpha value is -2.18. The number of hydrogen-bond donors (Lipinski definition) is 1. The molecule has 122 valence electrons. The van der Waals surface area contributed by atoms with Crippen molar-refractivity contribution in [1.82, 2.24) is 14.7 Å². The summed E-state index contributed by atoms with van der Waals surface area (Å²) in [4.78, 5) is 19.7. The molecule has 3 aromatic heterocycles. The van der Waals surface area contributed by atoms with Crippen molar-refractivity contribution in [2.45, 2.75) is 19.3 Å². The number of nitrogens with zero attached hydrogens (tertiary/aromatic N) is 2. The van der Waals surface area contributed by atoms with Gasteiger partial charge in [0.1, 0.15) is 4.83 Å². The fourth-order valence-electron chi connectivity index (χ4n) is 2.74. The molecule has 1 N–H and O–H groups in total. The Morgan fingerprint density at radius 2 is 2.08 bits per heavy atom. The van der Waals surface area contributed by atoms with Gasteiger partial charge >= 0.3 is 0 Å². The van der Waals surface area contributed by atoms with Gasteiger partial charge in [0.2, 0.25) is 0 Å². The Morgan fingerprint density at radius 1 is 1.29 bits per heavy atom. The number of rotatable bonds is 4. The first-order chi connectivity index (χ1) is 11.5. The fourth-order valence-corrected chi connectivity index (χ4v) is 4.46. The van der Waals surface area contributed by atoms with Gasteiger partial charge in [-0.25, -0.2) is 4.98 Å². The Bertz CT molecular complexity index is 1010. The van der Waals surface area contributed by atoms with Crippen molar-refractivity contribution in [3.05, 3.63) is 58.4 Å². The maximum Gasteiger partial charge on any atom is 0.261 e. The number of fused-ring (bicyclic) bond motifs is 3. The van der Waals surface area contributed by atoms with Gasteiger partial charge in [0.15, 0.2) is 4.96 Å². The minimum absolute atomic E-state index is 0.0361. The topological polar surface area (TPSA) is 46.4 Å². The molecule has 4 aromatic rings. The fraction of sp³-hybridized carbons (Fsp3) is 0.222. The summed E-state index contributed by atoms with van der Waals surface area (Å²) in [6.07, 6.45) is 1.99. The number of carbonyl (C=O) groups excluding carboxylic acids is 1. The lowest BCUT2D eigenvalue weighted by molar-refractivity contribution is 0.0950. The summed E-state index contributed by atoms with van der Waals surface area (Å²) in [6.45, 7) is 4.87. The number of carbonyl (C=O) groups is 1. The molecule has 3 heterocycles. The first-order valence-corrected chi connectivity index (χ1v) is 9.43. The number of benzene rings is 1. The minimum Gasteiger partial charge on any atom is -0.350 e. The van der Waals surface area contributed by atoms with E-state index < -0.39 is 0 Å². The highest BCUT2D eigenvalue weighted by atomic mass is 32.1. The Kier molecular flexibility index (Phi) is 3.66. The molecule has 0 fully saturated rings. The molecule has 0 radical (unpaired) electrons. The minimum atomic E-state index is -0.115. The summed E-state index contributed by atoms with van der Waals surface area (Å²) in [5.41, 5.74) is 2.10. The van der Waals surface area contributed by atoms with Gasteiger partial charge in [-0.3, -0.25) is 9.20 Å². The maximum absolute atomic E-state index is 12.5. The van der Waals surface area contributed by atoms with Crippen molar-refractivity contribution in [2.24, 2.45) is 0 Å². The largest absolute Gasteiger partial charge is 0.350 e. The number of hydrogen-bond acceptors (Lipinski definition) is 4. The highest BCUT2D eigenvalue weighted by Gasteiger charge is 2.22. The quantitative estimate of drug-likeness (QED) is 0.593. The molecular formula is C18H17N3OS2.